The summed E-state index contributed by atoms with van der Waals surface area (Å²) in [6, 6.07) is 8.38. The predicted molar refractivity (Wildman–Crippen MR) is 138 cm³/mol. The van der Waals surface area contributed by atoms with Gasteiger partial charge in [0.1, 0.15) is 11.3 Å². The molecule has 1 fully saturated rings. The monoisotopic (exact) mass is 549 g/mol. The number of hydrogen-bond donors (Lipinski definition) is 0. The van der Waals surface area contributed by atoms with Crippen molar-refractivity contribution in [2.75, 3.05) is 51.4 Å². The summed E-state index contributed by atoms with van der Waals surface area (Å²) in [5.74, 6) is 0.393. The second kappa shape index (κ2) is 11.9. The number of carbonyl (C=O) groups is 1. The number of thiazole rings is 1. The molecular formula is C22H23Cl4N3O3S. The fourth-order valence-corrected chi connectivity index (χ4v) is 5.42. The number of carbonyl (C=O) groups excluding carboxylic acids is 1. The Morgan fingerprint density at radius 1 is 1.18 bits per heavy atom. The van der Waals surface area contributed by atoms with Gasteiger partial charge in [-0.1, -0.05) is 46.1 Å². The standard InChI is InChI=1S/C22H22Cl3N3O3S.ClH/c1-30-18-4-3-17(25)20-19(18)26-22(32-20)28(6-2-5-27-7-9-31-10-8-27)21(29)14-11-15(23)13-16(24)12-14;/h3-4,11-13H,2,5-10H2,1H3;1H. The minimum Gasteiger partial charge on any atom is -0.494 e. The molecule has 1 aliphatic heterocycles. The Morgan fingerprint density at radius 3 is 2.55 bits per heavy atom. The second-order valence-electron chi connectivity index (χ2n) is 7.35. The molecule has 11 heteroatoms. The highest BCUT2D eigenvalue weighted by atomic mass is 35.5. The molecule has 0 N–H and O–H groups in total. The van der Waals surface area contributed by atoms with Crippen molar-refractivity contribution in [2.45, 2.75) is 6.42 Å². The Kier molecular flexibility index (Phi) is 9.47. The van der Waals surface area contributed by atoms with E-state index in [0.29, 0.717) is 43.6 Å². The van der Waals surface area contributed by atoms with Crippen LogP contribution in [-0.4, -0.2) is 62.3 Å². The van der Waals surface area contributed by atoms with Crippen LogP contribution in [0.4, 0.5) is 5.13 Å². The number of nitrogens with zero attached hydrogens (tertiary/aromatic N) is 3. The number of anilines is 1. The van der Waals surface area contributed by atoms with Crippen LogP contribution in [0.25, 0.3) is 10.2 Å². The van der Waals surface area contributed by atoms with E-state index in [1.165, 1.54) is 11.3 Å². The third-order valence-corrected chi connectivity index (χ3v) is 7.19. The van der Waals surface area contributed by atoms with E-state index in [-0.39, 0.29) is 18.3 Å². The summed E-state index contributed by atoms with van der Waals surface area (Å²) in [6.45, 7) is 4.61. The van der Waals surface area contributed by atoms with E-state index in [2.05, 4.69) is 4.90 Å². The first-order valence-corrected chi connectivity index (χ1v) is 12.1. The van der Waals surface area contributed by atoms with Gasteiger partial charge in [-0.15, -0.1) is 12.4 Å². The Hall–Kier alpha value is -1.32. The average Bonchev–Trinajstić information content (AvgIpc) is 3.23. The summed E-state index contributed by atoms with van der Waals surface area (Å²) in [7, 11) is 1.58. The van der Waals surface area contributed by atoms with Crippen molar-refractivity contribution >= 4 is 79.8 Å². The van der Waals surface area contributed by atoms with Crippen molar-refractivity contribution in [1.29, 1.82) is 0 Å². The fourth-order valence-electron chi connectivity index (χ4n) is 3.62. The highest BCUT2D eigenvalue weighted by Gasteiger charge is 2.24. The quantitative estimate of drug-likeness (QED) is 0.358. The minimum atomic E-state index is -0.217. The van der Waals surface area contributed by atoms with Crippen LogP contribution in [0.5, 0.6) is 5.75 Å². The third-order valence-electron chi connectivity index (χ3n) is 5.21. The lowest BCUT2D eigenvalue weighted by Gasteiger charge is -2.27. The molecule has 6 nitrogen and oxygen atoms in total. The zero-order valence-electron chi connectivity index (χ0n) is 17.9. The lowest BCUT2D eigenvalue weighted by molar-refractivity contribution is 0.0376. The summed E-state index contributed by atoms with van der Waals surface area (Å²) < 4.78 is 11.6. The molecule has 0 spiro atoms. The zero-order chi connectivity index (χ0) is 22.7. The first-order chi connectivity index (χ1) is 15.5. The zero-order valence-corrected chi connectivity index (χ0v) is 21.8. The maximum absolute atomic E-state index is 13.5. The van der Waals surface area contributed by atoms with Gasteiger partial charge >= 0.3 is 0 Å². The molecule has 1 aromatic heterocycles. The van der Waals surface area contributed by atoms with Gasteiger partial charge in [-0.25, -0.2) is 4.98 Å². The third kappa shape index (κ3) is 6.22. The Bertz CT molecular complexity index is 1100. The van der Waals surface area contributed by atoms with Gasteiger partial charge in [-0.05, 0) is 36.8 Å². The van der Waals surface area contributed by atoms with Crippen LogP contribution in [0.1, 0.15) is 16.8 Å². The summed E-state index contributed by atoms with van der Waals surface area (Å²) in [4.78, 5) is 22.2. The number of aromatic nitrogens is 1. The van der Waals surface area contributed by atoms with E-state index in [1.807, 2.05) is 0 Å². The van der Waals surface area contributed by atoms with Crippen LogP contribution in [0.15, 0.2) is 30.3 Å². The number of ether oxygens (including phenoxy) is 2. The van der Waals surface area contributed by atoms with Crippen molar-refractivity contribution in [3.63, 3.8) is 0 Å². The number of fused-ring (bicyclic) bond motifs is 1. The smallest absolute Gasteiger partial charge is 0.260 e. The lowest BCUT2D eigenvalue weighted by Crippen LogP contribution is -2.39. The predicted octanol–water partition coefficient (Wildman–Crippen LogP) is 6.06. The van der Waals surface area contributed by atoms with Gasteiger partial charge in [0.25, 0.3) is 5.91 Å². The maximum atomic E-state index is 13.5. The SMILES string of the molecule is COc1ccc(Cl)c2sc(N(CCCN3CCOCC3)C(=O)c3cc(Cl)cc(Cl)c3)nc12.Cl. The largest absolute Gasteiger partial charge is 0.494 e. The minimum absolute atomic E-state index is 0. The molecular weight excluding hydrogens is 528 g/mol. The van der Waals surface area contributed by atoms with Gasteiger partial charge < -0.3 is 9.47 Å². The number of morpholine rings is 1. The van der Waals surface area contributed by atoms with Crippen LogP contribution in [0.2, 0.25) is 15.1 Å². The number of halogens is 4. The molecule has 33 heavy (non-hydrogen) atoms. The van der Waals surface area contributed by atoms with Gasteiger partial charge in [-0.2, -0.15) is 0 Å². The first-order valence-electron chi connectivity index (χ1n) is 10.2. The molecule has 0 saturated carbocycles. The van der Waals surface area contributed by atoms with Crippen molar-refractivity contribution < 1.29 is 14.3 Å². The van der Waals surface area contributed by atoms with Crippen LogP contribution < -0.4 is 9.64 Å². The Morgan fingerprint density at radius 2 is 1.88 bits per heavy atom. The van der Waals surface area contributed by atoms with Crippen LogP contribution in [0, 0.1) is 0 Å². The van der Waals surface area contributed by atoms with E-state index >= 15 is 0 Å². The van der Waals surface area contributed by atoms with Crippen LogP contribution >= 0.6 is 58.5 Å². The molecule has 1 saturated heterocycles. The topological polar surface area (TPSA) is 54.9 Å². The summed E-state index contributed by atoms with van der Waals surface area (Å²) in [5, 5.41) is 1.93. The summed E-state index contributed by atoms with van der Waals surface area (Å²) in [6.07, 6.45) is 0.779. The highest BCUT2D eigenvalue weighted by molar-refractivity contribution is 7.23. The van der Waals surface area contributed by atoms with E-state index in [0.717, 1.165) is 44.0 Å². The number of amides is 1. The van der Waals surface area contributed by atoms with Gasteiger partial charge in [0.2, 0.25) is 0 Å². The molecule has 3 aromatic rings. The normalized spacial score (nSPS) is 14.2. The van der Waals surface area contributed by atoms with E-state index in [9.17, 15) is 4.79 Å². The number of methoxy groups -OCH3 is 1. The molecule has 0 unspecified atom stereocenters. The lowest BCUT2D eigenvalue weighted by atomic mass is 10.2. The van der Waals surface area contributed by atoms with Crippen molar-refractivity contribution in [2.24, 2.45) is 0 Å². The number of hydrogen-bond acceptors (Lipinski definition) is 6. The van der Waals surface area contributed by atoms with Crippen molar-refractivity contribution in [1.82, 2.24) is 9.88 Å². The molecule has 1 aliphatic rings. The van der Waals surface area contributed by atoms with Gasteiger partial charge in [0.05, 0.1) is 30.0 Å². The van der Waals surface area contributed by atoms with E-state index in [1.54, 1.807) is 42.3 Å². The average molecular weight is 551 g/mol. The van der Waals surface area contributed by atoms with Crippen LogP contribution in [-0.2, 0) is 4.74 Å². The molecule has 2 heterocycles. The number of rotatable bonds is 7. The second-order valence-corrected chi connectivity index (χ2v) is 9.60. The summed E-state index contributed by atoms with van der Waals surface area (Å²) in [5.41, 5.74) is 1.04. The maximum Gasteiger partial charge on any atom is 0.260 e. The van der Waals surface area contributed by atoms with Crippen LogP contribution in [0.3, 0.4) is 0 Å². The number of benzene rings is 2. The molecule has 0 bridgehead atoms. The Labute approximate surface area is 217 Å². The van der Waals surface area contributed by atoms with E-state index < -0.39 is 0 Å². The highest BCUT2D eigenvalue weighted by Crippen LogP contribution is 2.39. The van der Waals surface area contributed by atoms with Gasteiger partial charge in [-0.3, -0.25) is 14.6 Å². The van der Waals surface area contributed by atoms with Gasteiger partial charge in [0.15, 0.2) is 5.13 Å². The molecule has 1 amide bonds. The molecule has 178 valence electrons. The van der Waals surface area contributed by atoms with E-state index in [4.69, 9.17) is 49.3 Å². The summed E-state index contributed by atoms with van der Waals surface area (Å²) >= 11 is 20.1. The molecule has 4 rings (SSSR count). The first kappa shape index (κ1) is 26.3. The van der Waals surface area contributed by atoms with Crippen molar-refractivity contribution in [3.8, 4) is 5.75 Å². The van der Waals surface area contributed by atoms with Crippen molar-refractivity contribution in [3.05, 3.63) is 51.0 Å². The molecule has 2 aromatic carbocycles. The molecule has 0 radical (unpaired) electrons. The Balaban J connectivity index is 0.00000306. The molecule has 0 atom stereocenters. The van der Waals surface area contributed by atoms with Gasteiger partial charge in [0, 0.05) is 41.8 Å². The molecule has 0 aliphatic carbocycles. The fraction of sp³-hybridized carbons (Fsp3) is 0.364.